The van der Waals surface area contributed by atoms with Crippen LogP contribution in [0.4, 0.5) is 0 Å². The molecule has 5 nitrogen and oxygen atoms in total. The molecule has 0 saturated heterocycles. The number of rotatable bonds is 37. The van der Waals surface area contributed by atoms with Gasteiger partial charge in [0, 0.05) is 0 Å². The molecule has 0 bridgehead atoms. The molecule has 3 atom stereocenters. The Morgan fingerprint density at radius 1 is 0.444 bits per heavy atom. The summed E-state index contributed by atoms with van der Waals surface area (Å²) in [6.07, 6.45) is 39.4. The summed E-state index contributed by atoms with van der Waals surface area (Å²) >= 11 is 0. The maximum atomic E-state index is 12.4. The Morgan fingerprint density at radius 3 is 1.00 bits per heavy atom. The van der Waals surface area contributed by atoms with Crippen LogP contribution >= 0.6 is 0 Å². The molecule has 0 spiro atoms. The third kappa shape index (κ3) is 31.7. The average molecular weight is 640 g/mol. The van der Waals surface area contributed by atoms with Gasteiger partial charge >= 0.3 is 0 Å². The normalized spacial score (nSPS) is 13.6. The van der Waals surface area contributed by atoms with Gasteiger partial charge in [-0.15, -0.1) is 0 Å². The monoisotopic (exact) mass is 640 g/mol. The fraction of sp³-hybridized carbons (Fsp3) is 0.975. The van der Waals surface area contributed by atoms with Crippen LogP contribution in [-0.4, -0.2) is 46.1 Å². The molecule has 270 valence electrons. The first kappa shape index (κ1) is 44.4. The van der Waals surface area contributed by atoms with Crippen molar-refractivity contribution in [2.45, 2.75) is 244 Å². The highest BCUT2D eigenvalue weighted by Crippen LogP contribution is 2.16. The quantitative estimate of drug-likeness (QED) is 0.0509. The summed E-state index contributed by atoms with van der Waals surface area (Å²) in [7, 11) is 0. The van der Waals surface area contributed by atoms with Crippen molar-refractivity contribution < 1.29 is 20.1 Å². The van der Waals surface area contributed by atoms with E-state index in [4.69, 9.17) is 0 Å². The molecule has 0 aliphatic heterocycles. The summed E-state index contributed by atoms with van der Waals surface area (Å²) in [6.45, 7) is 4.24. The highest BCUT2D eigenvalue weighted by atomic mass is 16.3. The molecule has 0 fully saturated rings. The molecule has 0 heterocycles. The SMILES string of the molecule is CCCCCCCCCCCCCCCCCCC(O)C(CO)NC(=O)C(O)CCCCCCCCCCCCCCCCC. The average Bonchev–Trinajstić information content (AvgIpc) is 3.04. The van der Waals surface area contributed by atoms with E-state index in [0.29, 0.717) is 12.8 Å². The Hall–Kier alpha value is -0.650. The van der Waals surface area contributed by atoms with Gasteiger partial charge in [0.2, 0.25) is 5.91 Å². The van der Waals surface area contributed by atoms with Gasteiger partial charge in [-0.1, -0.05) is 213 Å². The summed E-state index contributed by atoms with van der Waals surface area (Å²) in [6, 6.07) is -0.704. The molecule has 1 amide bonds. The topological polar surface area (TPSA) is 89.8 Å². The Balaban J connectivity index is 3.62. The summed E-state index contributed by atoms with van der Waals surface area (Å²) in [5.41, 5.74) is 0. The number of aliphatic hydroxyl groups is 3. The molecular formula is C40H81NO4. The highest BCUT2D eigenvalue weighted by molar-refractivity contribution is 5.80. The Labute approximate surface area is 281 Å². The largest absolute Gasteiger partial charge is 0.394 e. The molecule has 5 heteroatoms. The number of amides is 1. The van der Waals surface area contributed by atoms with Crippen LogP contribution in [0.1, 0.15) is 226 Å². The van der Waals surface area contributed by atoms with Gasteiger partial charge in [-0.2, -0.15) is 0 Å². The van der Waals surface area contributed by atoms with E-state index in [1.165, 1.54) is 167 Å². The molecule has 0 radical (unpaired) electrons. The van der Waals surface area contributed by atoms with Gasteiger partial charge < -0.3 is 20.6 Å². The van der Waals surface area contributed by atoms with Crippen LogP contribution in [0.25, 0.3) is 0 Å². The van der Waals surface area contributed by atoms with Crippen molar-refractivity contribution in [2.75, 3.05) is 6.61 Å². The van der Waals surface area contributed by atoms with Crippen molar-refractivity contribution in [1.82, 2.24) is 5.32 Å². The number of unbranched alkanes of at least 4 members (excludes halogenated alkanes) is 29. The van der Waals surface area contributed by atoms with Crippen molar-refractivity contribution >= 4 is 5.91 Å². The summed E-state index contributed by atoms with van der Waals surface area (Å²) in [5.74, 6) is -0.467. The zero-order valence-electron chi connectivity index (χ0n) is 30.5. The van der Waals surface area contributed by atoms with Crippen LogP contribution in [0.2, 0.25) is 0 Å². The third-order valence-corrected chi connectivity index (χ3v) is 9.73. The lowest BCUT2D eigenvalue weighted by molar-refractivity contribution is -0.131. The highest BCUT2D eigenvalue weighted by Gasteiger charge is 2.23. The second-order valence-electron chi connectivity index (χ2n) is 14.2. The van der Waals surface area contributed by atoms with Crippen LogP contribution in [0.5, 0.6) is 0 Å². The standard InChI is InChI=1S/C40H81NO4/c1-3-5-7-9-11-13-15-17-19-21-22-24-26-28-30-32-34-38(43)37(36-42)41-40(45)39(44)35-33-31-29-27-25-23-20-18-16-14-12-10-8-6-4-2/h37-39,42-44H,3-36H2,1-2H3,(H,41,45). The fourth-order valence-electron chi connectivity index (χ4n) is 6.49. The van der Waals surface area contributed by atoms with Gasteiger partial charge in [0.15, 0.2) is 0 Å². The summed E-state index contributed by atoms with van der Waals surface area (Å²) < 4.78 is 0. The van der Waals surface area contributed by atoms with Crippen LogP contribution in [-0.2, 0) is 4.79 Å². The number of hydrogen-bond donors (Lipinski definition) is 4. The number of nitrogens with one attached hydrogen (secondary N) is 1. The van der Waals surface area contributed by atoms with Gasteiger partial charge in [-0.25, -0.2) is 0 Å². The third-order valence-electron chi connectivity index (χ3n) is 9.73. The van der Waals surface area contributed by atoms with E-state index in [1.54, 1.807) is 0 Å². The lowest BCUT2D eigenvalue weighted by Crippen LogP contribution is -2.49. The van der Waals surface area contributed by atoms with Crippen molar-refractivity contribution in [3.05, 3.63) is 0 Å². The number of aliphatic hydroxyl groups excluding tert-OH is 3. The Bertz CT molecular complexity index is 587. The zero-order valence-corrected chi connectivity index (χ0v) is 30.5. The molecule has 0 rings (SSSR count). The second kappa shape index (κ2) is 36.2. The minimum Gasteiger partial charge on any atom is -0.394 e. The van der Waals surface area contributed by atoms with Crippen LogP contribution in [0.15, 0.2) is 0 Å². The van der Waals surface area contributed by atoms with E-state index in [0.717, 1.165) is 32.1 Å². The summed E-state index contributed by atoms with van der Waals surface area (Å²) in [5, 5.41) is 33.2. The van der Waals surface area contributed by atoms with E-state index in [2.05, 4.69) is 19.2 Å². The van der Waals surface area contributed by atoms with Crippen molar-refractivity contribution in [3.8, 4) is 0 Å². The maximum Gasteiger partial charge on any atom is 0.249 e. The van der Waals surface area contributed by atoms with Crippen molar-refractivity contribution in [2.24, 2.45) is 0 Å². The van der Waals surface area contributed by atoms with Gasteiger partial charge in [-0.05, 0) is 12.8 Å². The van der Waals surface area contributed by atoms with E-state index in [1.807, 2.05) is 0 Å². The van der Waals surface area contributed by atoms with Gasteiger partial charge in [-0.3, -0.25) is 4.79 Å². The van der Waals surface area contributed by atoms with E-state index in [-0.39, 0.29) is 6.61 Å². The first-order valence-corrected chi connectivity index (χ1v) is 20.3. The molecule has 3 unspecified atom stereocenters. The van der Waals surface area contributed by atoms with Gasteiger partial charge in [0.1, 0.15) is 6.10 Å². The van der Waals surface area contributed by atoms with Crippen molar-refractivity contribution in [3.63, 3.8) is 0 Å². The summed E-state index contributed by atoms with van der Waals surface area (Å²) in [4.78, 5) is 12.4. The molecule has 0 aromatic rings. The first-order valence-electron chi connectivity index (χ1n) is 20.3. The van der Waals surface area contributed by atoms with E-state index >= 15 is 0 Å². The first-order chi connectivity index (χ1) is 22.1. The van der Waals surface area contributed by atoms with Gasteiger partial charge in [0.05, 0.1) is 18.8 Å². The predicted octanol–water partition coefficient (Wildman–Crippen LogP) is 11.1. The molecule has 0 aromatic carbocycles. The van der Waals surface area contributed by atoms with Crippen molar-refractivity contribution in [1.29, 1.82) is 0 Å². The predicted molar refractivity (Wildman–Crippen MR) is 195 cm³/mol. The van der Waals surface area contributed by atoms with Crippen LogP contribution < -0.4 is 5.32 Å². The zero-order chi connectivity index (χ0) is 33.1. The minimum absolute atomic E-state index is 0.308. The van der Waals surface area contributed by atoms with Crippen LogP contribution in [0.3, 0.4) is 0 Å². The van der Waals surface area contributed by atoms with Gasteiger partial charge in [0.25, 0.3) is 0 Å². The molecule has 4 N–H and O–H groups in total. The molecule has 45 heavy (non-hydrogen) atoms. The Kier molecular flexibility index (Phi) is 35.7. The number of hydrogen-bond acceptors (Lipinski definition) is 4. The van der Waals surface area contributed by atoms with E-state index in [9.17, 15) is 20.1 Å². The number of carbonyl (C=O) groups excluding carboxylic acids is 1. The molecule has 0 aromatic heterocycles. The fourth-order valence-corrected chi connectivity index (χ4v) is 6.49. The molecule has 0 aliphatic carbocycles. The van der Waals surface area contributed by atoms with E-state index < -0.39 is 24.2 Å². The second-order valence-corrected chi connectivity index (χ2v) is 14.2. The molecule has 0 aliphatic rings. The lowest BCUT2D eigenvalue weighted by atomic mass is 10.0. The minimum atomic E-state index is -1.07. The van der Waals surface area contributed by atoms with Crippen LogP contribution in [0, 0.1) is 0 Å². The molecular weight excluding hydrogens is 558 g/mol. The number of carbonyl (C=O) groups is 1. The molecule has 0 saturated carbocycles. The maximum absolute atomic E-state index is 12.4. The smallest absolute Gasteiger partial charge is 0.249 e. The lowest BCUT2D eigenvalue weighted by Gasteiger charge is -2.23. The Morgan fingerprint density at radius 2 is 0.711 bits per heavy atom.